The third-order valence-corrected chi connectivity index (χ3v) is 3.42. The maximum atomic E-state index is 9.65. The van der Waals surface area contributed by atoms with Crippen LogP contribution in [0, 0.1) is 0 Å². The normalized spacial score (nSPS) is 11.1. The van der Waals surface area contributed by atoms with Gasteiger partial charge in [-0.25, -0.2) is 4.98 Å². The first-order valence-corrected chi connectivity index (χ1v) is 6.53. The van der Waals surface area contributed by atoms with Crippen LogP contribution < -0.4 is 0 Å². The largest absolute Gasteiger partial charge is 0.508 e. The first kappa shape index (κ1) is 12.1. The molecule has 0 saturated heterocycles. The van der Waals surface area contributed by atoms with Gasteiger partial charge < -0.3 is 5.11 Å². The molecule has 1 N–H and O–H groups in total. The Morgan fingerprint density at radius 3 is 2.84 bits per heavy atom. The number of rotatable bonds is 2. The van der Waals surface area contributed by atoms with Crippen LogP contribution in [0.15, 0.2) is 42.6 Å². The van der Waals surface area contributed by atoms with E-state index < -0.39 is 0 Å². The smallest absolute Gasteiger partial charge is 0.156 e. The Morgan fingerprint density at radius 1 is 1.26 bits per heavy atom. The van der Waals surface area contributed by atoms with Gasteiger partial charge in [0.15, 0.2) is 5.65 Å². The van der Waals surface area contributed by atoms with E-state index in [4.69, 9.17) is 11.6 Å². The fraction of sp³-hybridized carbons (Fsp3) is 0.133. The van der Waals surface area contributed by atoms with Crippen molar-refractivity contribution in [3.63, 3.8) is 0 Å². The van der Waals surface area contributed by atoms with Crippen molar-refractivity contribution in [3.8, 4) is 17.0 Å². The monoisotopic (exact) mass is 272 g/mol. The van der Waals surface area contributed by atoms with Gasteiger partial charge in [-0.05, 0) is 30.7 Å². The zero-order valence-corrected chi connectivity index (χ0v) is 11.2. The Bertz CT molecular complexity index is 749. The van der Waals surface area contributed by atoms with E-state index in [2.05, 4.69) is 11.9 Å². The fourth-order valence-corrected chi connectivity index (χ4v) is 2.49. The van der Waals surface area contributed by atoms with Gasteiger partial charge in [-0.15, -0.1) is 0 Å². The fourth-order valence-electron chi connectivity index (χ4n) is 2.29. The summed E-state index contributed by atoms with van der Waals surface area (Å²) >= 11 is 6.19. The molecule has 1 aromatic carbocycles. The number of halogens is 1. The predicted octanol–water partition coefficient (Wildman–Crippen LogP) is 3.92. The van der Waals surface area contributed by atoms with Crippen LogP contribution in [0.1, 0.15) is 12.6 Å². The third kappa shape index (κ3) is 1.96. The molecule has 4 heteroatoms. The van der Waals surface area contributed by atoms with Crippen molar-refractivity contribution in [2.24, 2.45) is 0 Å². The second-order valence-electron chi connectivity index (χ2n) is 4.36. The van der Waals surface area contributed by atoms with Crippen LogP contribution in [0.3, 0.4) is 0 Å². The molecule has 0 aliphatic rings. The molecule has 3 rings (SSSR count). The molecule has 2 heterocycles. The molecule has 3 aromatic rings. The van der Waals surface area contributed by atoms with Crippen LogP contribution in [-0.4, -0.2) is 14.5 Å². The van der Waals surface area contributed by atoms with Crippen molar-refractivity contribution in [2.75, 3.05) is 0 Å². The molecule has 0 aliphatic heterocycles. The van der Waals surface area contributed by atoms with E-state index in [0.29, 0.717) is 5.02 Å². The number of phenols is 1. The highest BCUT2D eigenvalue weighted by Gasteiger charge is 2.14. The van der Waals surface area contributed by atoms with E-state index in [-0.39, 0.29) is 5.75 Å². The Balaban J connectivity index is 2.36. The Morgan fingerprint density at radius 2 is 2.11 bits per heavy atom. The third-order valence-electron chi connectivity index (χ3n) is 3.13. The van der Waals surface area contributed by atoms with Crippen molar-refractivity contribution in [1.82, 2.24) is 9.38 Å². The zero-order valence-electron chi connectivity index (χ0n) is 10.5. The highest BCUT2D eigenvalue weighted by atomic mass is 35.5. The average molecular weight is 273 g/mol. The van der Waals surface area contributed by atoms with Gasteiger partial charge in [-0.1, -0.05) is 30.7 Å². The number of aromatic nitrogens is 2. The minimum Gasteiger partial charge on any atom is -0.508 e. The van der Waals surface area contributed by atoms with E-state index in [0.717, 1.165) is 29.0 Å². The molecule has 19 heavy (non-hydrogen) atoms. The van der Waals surface area contributed by atoms with E-state index in [1.807, 2.05) is 34.9 Å². The summed E-state index contributed by atoms with van der Waals surface area (Å²) in [5.74, 6) is 0.247. The molecule has 2 aromatic heterocycles. The number of phenolic OH excluding ortho intramolecular Hbond substituents is 1. The lowest BCUT2D eigenvalue weighted by Crippen LogP contribution is -1.90. The molecule has 0 radical (unpaired) electrons. The second kappa shape index (κ2) is 4.59. The minimum absolute atomic E-state index is 0.247. The first-order valence-electron chi connectivity index (χ1n) is 6.15. The number of benzene rings is 1. The van der Waals surface area contributed by atoms with Gasteiger partial charge in [0.1, 0.15) is 5.75 Å². The number of pyridine rings is 1. The van der Waals surface area contributed by atoms with Gasteiger partial charge in [0.25, 0.3) is 0 Å². The van der Waals surface area contributed by atoms with Gasteiger partial charge in [-0.2, -0.15) is 0 Å². The number of nitrogens with zero attached hydrogens (tertiary/aromatic N) is 2. The summed E-state index contributed by atoms with van der Waals surface area (Å²) in [5.41, 5.74) is 3.64. The standard InChI is InChI=1S/C15H13ClN2O/c1-2-13-14(10-5-3-6-11(19)9-10)18-8-4-7-12(16)15(18)17-13/h3-9,19H,2H2,1H3. The Labute approximate surface area is 116 Å². The SMILES string of the molecule is CCc1nc2c(Cl)cccn2c1-c1cccc(O)c1. The zero-order chi connectivity index (χ0) is 13.4. The number of aromatic hydroxyl groups is 1. The molecule has 0 aliphatic carbocycles. The van der Waals surface area contributed by atoms with Gasteiger partial charge in [0.05, 0.1) is 16.4 Å². The molecule has 0 saturated carbocycles. The van der Waals surface area contributed by atoms with Gasteiger partial charge in [0, 0.05) is 11.8 Å². The molecule has 3 nitrogen and oxygen atoms in total. The highest BCUT2D eigenvalue weighted by Crippen LogP contribution is 2.30. The number of aryl methyl sites for hydroxylation is 1. The summed E-state index contributed by atoms with van der Waals surface area (Å²) in [5, 5.41) is 10.3. The van der Waals surface area contributed by atoms with Gasteiger partial charge in [0.2, 0.25) is 0 Å². The van der Waals surface area contributed by atoms with E-state index in [9.17, 15) is 5.11 Å². The number of fused-ring (bicyclic) bond motifs is 1. The lowest BCUT2D eigenvalue weighted by molar-refractivity contribution is 0.475. The lowest BCUT2D eigenvalue weighted by Gasteiger charge is -2.05. The van der Waals surface area contributed by atoms with Crippen molar-refractivity contribution in [3.05, 3.63) is 53.3 Å². The van der Waals surface area contributed by atoms with Gasteiger partial charge in [-0.3, -0.25) is 4.40 Å². The topological polar surface area (TPSA) is 37.5 Å². The molecule has 0 atom stereocenters. The summed E-state index contributed by atoms with van der Waals surface area (Å²) in [7, 11) is 0. The summed E-state index contributed by atoms with van der Waals surface area (Å²) in [4.78, 5) is 4.59. The van der Waals surface area contributed by atoms with Crippen molar-refractivity contribution in [1.29, 1.82) is 0 Å². The van der Waals surface area contributed by atoms with E-state index in [1.165, 1.54) is 0 Å². The summed E-state index contributed by atoms with van der Waals surface area (Å²) in [6.07, 6.45) is 2.75. The summed E-state index contributed by atoms with van der Waals surface area (Å²) < 4.78 is 1.97. The average Bonchev–Trinajstić information content (AvgIpc) is 2.78. The summed E-state index contributed by atoms with van der Waals surface area (Å²) in [6.45, 7) is 2.06. The molecule has 96 valence electrons. The highest BCUT2D eigenvalue weighted by molar-refractivity contribution is 6.33. The molecule has 0 spiro atoms. The van der Waals surface area contributed by atoms with Crippen LogP contribution in [0.5, 0.6) is 5.75 Å². The number of imidazole rings is 1. The van der Waals surface area contributed by atoms with Crippen molar-refractivity contribution < 1.29 is 5.11 Å². The molecule has 0 amide bonds. The number of hydrogen-bond donors (Lipinski definition) is 1. The van der Waals surface area contributed by atoms with Crippen LogP contribution in [0.25, 0.3) is 16.9 Å². The number of hydrogen-bond acceptors (Lipinski definition) is 2. The molecule has 0 fully saturated rings. The summed E-state index contributed by atoms with van der Waals surface area (Å²) in [6, 6.07) is 10.9. The van der Waals surface area contributed by atoms with Crippen molar-refractivity contribution in [2.45, 2.75) is 13.3 Å². The van der Waals surface area contributed by atoms with Crippen LogP contribution in [0.2, 0.25) is 5.02 Å². The quantitative estimate of drug-likeness (QED) is 0.768. The maximum absolute atomic E-state index is 9.65. The molecular formula is C15H13ClN2O. The molecule has 0 unspecified atom stereocenters. The lowest BCUT2D eigenvalue weighted by atomic mass is 10.1. The minimum atomic E-state index is 0.247. The maximum Gasteiger partial charge on any atom is 0.156 e. The van der Waals surface area contributed by atoms with Crippen LogP contribution in [-0.2, 0) is 6.42 Å². The molecule has 0 bridgehead atoms. The van der Waals surface area contributed by atoms with E-state index in [1.54, 1.807) is 12.1 Å². The molecular weight excluding hydrogens is 260 g/mol. The Kier molecular flexibility index (Phi) is 2.91. The Hall–Kier alpha value is -2.00. The van der Waals surface area contributed by atoms with Crippen molar-refractivity contribution >= 4 is 17.2 Å². The first-order chi connectivity index (χ1) is 9.20. The second-order valence-corrected chi connectivity index (χ2v) is 4.77. The van der Waals surface area contributed by atoms with Crippen LogP contribution >= 0.6 is 11.6 Å². The van der Waals surface area contributed by atoms with E-state index >= 15 is 0 Å². The van der Waals surface area contributed by atoms with Gasteiger partial charge >= 0.3 is 0 Å². The van der Waals surface area contributed by atoms with Crippen LogP contribution in [0.4, 0.5) is 0 Å². The predicted molar refractivity (Wildman–Crippen MR) is 76.7 cm³/mol.